The van der Waals surface area contributed by atoms with Gasteiger partial charge in [-0.1, -0.05) is 15.9 Å². The normalized spacial score (nSPS) is 9.29. The zero-order valence-corrected chi connectivity index (χ0v) is 15.0. The van der Waals surface area contributed by atoms with Crippen LogP contribution in [-0.2, 0) is 11.8 Å². The lowest BCUT2D eigenvalue weighted by molar-refractivity contribution is 1.31. The average Bonchev–Trinajstić information content (AvgIpc) is 2.90. The first-order valence-corrected chi connectivity index (χ1v) is 9.02. The minimum absolute atomic E-state index is 0.512. The van der Waals surface area contributed by atoms with Crippen LogP contribution in [0.25, 0.3) is 0 Å². The summed E-state index contributed by atoms with van der Waals surface area (Å²) in [5, 5.41) is 13.3. The van der Waals surface area contributed by atoms with Crippen LogP contribution in [0.4, 0.5) is 0 Å². The quantitative estimate of drug-likeness (QED) is 0.508. The number of hydrogen-bond acceptors (Lipinski definition) is 3. The monoisotopic (exact) mass is 455 g/mol. The molecule has 0 unspecified atom stereocenters. The molecule has 0 aliphatic heterocycles. The maximum atomic E-state index is 8.30. The number of halogens is 3. The third kappa shape index (κ3) is 5.23. The molecule has 2 aromatic heterocycles. The molecule has 17 heavy (non-hydrogen) atoms. The van der Waals surface area contributed by atoms with Crippen molar-refractivity contribution in [1.29, 1.82) is 5.26 Å². The molecule has 0 aromatic carbocycles. The standard InChI is InChI=1S/C6H4BrNS.C5H4Br2S/c7-5-2-4-9-6(5)1-3-8;6-3-5-4(7)1-2-8-5/h2,4H,1H2;1-2H,3H2. The van der Waals surface area contributed by atoms with E-state index >= 15 is 0 Å². The molecule has 90 valence electrons. The van der Waals surface area contributed by atoms with Gasteiger partial charge in [-0.25, -0.2) is 0 Å². The molecule has 0 radical (unpaired) electrons. The van der Waals surface area contributed by atoms with Crippen LogP contribution in [0.1, 0.15) is 9.75 Å². The fourth-order valence-corrected chi connectivity index (χ4v) is 4.78. The minimum Gasteiger partial charge on any atom is -0.198 e. The SMILES string of the molecule is BrCc1sccc1Br.N#CCc1sccc1Br. The first kappa shape index (κ1) is 15.4. The van der Waals surface area contributed by atoms with Gasteiger partial charge in [0.1, 0.15) is 0 Å². The average molecular weight is 458 g/mol. The van der Waals surface area contributed by atoms with E-state index in [1.807, 2.05) is 11.4 Å². The summed E-state index contributed by atoms with van der Waals surface area (Å²) < 4.78 is 2.26. The number of nitrogens with zero attached hydrogens (tertiary/aromatic N) is 1. The van der Waals surface area contributed by atoms with Crippen molar-refractivity contribution < 1.29 is 0 Å². The van der Waals surface area contributed by atoms with Crippen LogP contribution in [-0.4, -0.2) is 0 Å². The molecule has 0 fully saturated rings. The summed E-state index contributed by atoms with van der Waals surface area (Å²) in [5.74, 6) is 0. The maximum absolute atomic E-state index is 8.30. The molecule has 2 heterocycles. The Kier molecular flexibility index (Phi) is 7.64. The van der Waals surface area contributed by atoms with Crippen molar-refractivity contribution in [3.8, 4) is 6.07 Å². The van der Waals surface area contributed by atoms with E-state index in [2.05, 4.69) is 65.3 Å². The van der Waals surface area contributed by atoms with Gasteiger partial charge in [0.05, 0.1) is 12.5 Å². The molecule has 0 saturated heterocycles. The van der Waals surface area contributed by atoms with E-state index < -0.39 is 0 Å². The summed E-state index contributed by atoms with van der Waals surface area (Å²) in [6.07, 6.45) is 0.512. The van der Waals surface area contributed by atoms with Gasteiger partial charge in [0, 0.05) is 24.0 Å². The number of thiophene rings is 2. The van der Waals surface area contributed by atoms with Crippen LogP contribution >= 0.6 is 70.5 Å². The van der Waals surface area contributed by atoms with Crippen molar-refractivity contribution in [3.63, 3.8) is 0 Å². The van der Waals surface area contributed by atoms with Gasteiger partial charge in [-0.2, -0.15) is 5.26 Å². The molecular formula is C11H8Br3NS2. The van der Waals surface area contributed by atoms with Crippen molar-refractivity contribution in [2.24, 2.45) is 0 Å². The topological polar surface area (TPSA) is 23.8 Å². The highest BCUT2D eigenvalue weighted by Crippen LogP contribution is 2.24. The van der Waals surface area contributed by atoms with Crippen LogP contribution in [0.3, 0.4) is 0 Å². The number of alkyl halides is 1. The third-order valence-electron chi connectivity index (χ3n) is 1.74. The minimum atomic E-state index is 0.512. The Bertz CT molecular complexity index is 499. The largest absolute Gasteiger partial charge is 0.198 e. The van der Waals surface area contributed by atoms with Crippen molar-refractivity contribution in [2.75, 3.05) is 0 Å². The van der Waals surface area contributed by atoms with E-state index in [1.54, 1.807) is 22.7 Å². The molecule has 0 aliphatic carbocycles. The van der Waals surface area contributed by atoms with Crippen molar-refractivity contribution in [3.05, 3.63) is 41.6 Å². The molecule has 6 heteroatoms. The summed E-state index contributed by atoms with van der Waals surface area (Å²) in [6.45, 7) is 0. The Morgan fingerprint density at radius 2 is 1.59 bits per heavy atom. The fraction of sp³-hybridized carbons (Fsp3) is 0.182. The highest BCUT2D eigenvalue weighted by Gasteiger charge is 1.97. The molecule has 0 N–H and O–H groups in total. The highest BCUT2D eigenvalue weighted by molar-refractivity contribution is 9.11. The van der Waals surface area contributed by atoms with Gasteiger partial charge in [0.25, 0.3) is 0 Å². The second-order valence-electron chi connectivity index (χ2n) is 2.85. The van der Waals surface area contributed by atoms with E-state index in [1.165, 1.54) is 9.35 Å². The smallest absolute Gasteiger partial charge is 0.0706 e. The molecule has 0 bridgehead atoms. The Balaban J connectivity index is 0.000000171. The summed E-state index contributed by atoms with van der Waals surface area (Å²) in [4.78, 5) is 2.46. The van der Waals surface area contributed by atoms with Crippen LogP contribution < -0.4 is 0 Å². The summed E-state index contributed by atoms with van der Waals surface area (Å²) in [5.41, 5.74) is 0. The molecule has 2 rings (SSSR count). The zero-order valence-electron chi connectivity index (χ0n) is 8.62. The van der Waals surface area contributed by atoms with E-state index in [-0.39, 0.29) is 0 Å². The fourth-order valence-electron chi connectivity index (χ4n) is 0.943. The molecular weight excluding hydrogens is 450 g/mol. The van der Waals surface area contributed by atoms with Crippen molar-refractivity contribution in [2.45, 2.75) is 11.8 Å². The molecule has 1 nitrogen and oxygen atoms in total. The zero-order chi connectivity index (χ0) is 12.7. The van der Waals surface area contributed by atoms with E-state index in [0.717, 1.165) is 14.7 Å². The van der Waals surface area contributed by atoms with Gasteiger partial charge in [-0.15, -0.1) is 22.7 Å². The highest BCUT2D eigenvalue weighted by atomic mass is 79.9. The van der Waals surface area contributed by atoms with Crippen LogP contribution in [0.2, 0.25) is 0 Å². The first-order valence-electron chi connectivity index (χ1n) is 4.55. The number of rotatable bonds is 2. The molecule has 0 saturated carbocycles. The second kappa shape index (κ2) is 8.44. The number of nitriles is 1. The van der Waals surface area contributed by atoms with Crippen LogP contribution in [0, 0.1) is 11.3 Å². The summed E-state index contributed by atoms with van der Waals surface area (Å²) >= 11 is 13.5. The third-order valence-corrected chi connectivity index (χ3v) is 6.53. The lowest BCUT2D eigenvalue weighted by Crippen LogP contribution is -1.71. The summed E-state index contributed by atoms with van der Waals surface area (Å²) in [7, 11) is 0. The van der Waals surface area contributed by atoms with Crippen LogP contribution in [0.15, 0.2) is 31.8 Å². The van der Waals surface area contributed by atoms with E-state index in [4.69, 9.17) is 5.26 Å². The molecule has 2 aromatic rings. The van der Waals surface area contributed by atoms with Crippen LogP contribution in [0.5, 0.6) is 0 Å². The molecule has 0 spiro atoms. The van der Waals surface area contributed by atoms with Gasteiger partial charge in [0.2, 0.25) is 0 Å². The maximum Gasteiger partial charge on any atom is 0.0706 e. The van der Waals surface area contributed by atoms with Crippen molar-refractivity contribution in [1.82, 2.24) is 0 Å². The van der Waals surface area contributed by atoms with Gasteiger partial charge >= 0.3 is 0 Å². The van der Waals surface area contributed by atoms with Gasteiger partial charge in [-0.05, 0) is 54.8 Å². The lowest BCUT2D eigenvalue weighted by atomic mass is 10.4. The molecule has 0 amide bonds. The predicted molar refractivity (Wildman–Crippen MR) is 86.0 cm³/mol. The van der Waals surface area contributed by atoms with Gasteiger partial charge in [-0.3, -0.25) is 0 Å². The van der Waals surface area contributed by atoms with E-state index in [9.17, 15) is 0 Å². The van der Waals surface area contributed by atoms with Gasteiger partial charge < -0.3 is 0 Å². The Labute approximate surface area is 134 Å². The summed E-state index contributed by atoms with van der Waals surface area (Å²) in [6, 6.07) is 6.10. The second-order valence-corrected chi connectivity index (χ2v) is 7.12. The molecule has 0 aliphatic rings. The molecule has 0 atom stereocenters. The predicted octanol–water partition coefficient (Wildman–Crippen LogP) is 5.98. The van der Waals surface area contributed by atoms with Gasteiger partial charge in [0.15, 0.2) is 0 Å². The Morgan fingerprint density at radius 3 is 1.88 bits per heavy atom. The Morgan fingerprint density at radius 1 is 1.06 bits per heavy atom. The Hall–Kier alpha value is 0.330. The first-order chi connectivity index (χ1) is 8.19. The number of hydrogen-bond donors (Lipinski definition) is 0. The van der Waals surface area contributed by atoms with Crippen molar-refractivity contribution >= 4 is 70.5 Å². The van der Waals surface area contributed by atoms with E-state index in [0.29, 0.717) is 6.42 Å². The lowest BCUT2D eigenvalue weighted by Gasteiger charge is -1.84.